The zero-order valence-corrected chi connectivity index (χ0v) is 13.1. The molecule has 0 aliphatic carbocycles. The highest BCUT2D eigenvalue weighted by Crippen LogP contribution is 2.39. The number of rotatable bonds is 2. The van der Waals surface area contributed by atoms with E-state index in [0.29, 0.717) is 28.9 Å². The lowest BCUT2D eigenvalue weighted by atomic mass is 9.90. The molecule has 0 aromatic heterocycles. The van der Waals surface area contributed by atoms with Crippen molar-refractivity contribution in [3.05, 3.63) is 77.4 Å². The summed E-state index contributed by atoms with van der Waals surface area (Å²) in [5.74, 6) is -1.54. The second-order valence-electron chi connectivity index (χ2n) is 5.95. The molecule has 1 aliphatic rings. The van der Waals surface area contributed by atoms with Gasteiger partial charge in [-0.2, -0.15) is 0 Å². The van der Waals surface area contributed by atoms with Gasteiger partial charge in [-0.15, -0.1) is 0 Å². The Bertz CT molecular complexity index is 1010. The van der Waals surface area contributed by atoms with Crippen LogP contribution in [0.25, 0.3) is 22.3 Å². The van der Waals surface area contributed by atoms with E-state index < -0.39 is 11.6 Å². The number of fused-ring (bicyclic) bond motifs is 1. The maximum Gasteiger partial charge on any atom is 0.251 e. The molecule has 4 rings (SSSR count). The van der Waals surface area contributed by atoms with Crippen LogP contribution in [0.4, 0.5) is 14.5 Å². The van der Waals surface area contributed by atoms with Crippen LogP contribution in [-0.2, 0) is 6.54 Å². The standard InChI is InChI=1S/C20H14F2N2O/c21-12-5-6-13(18(22)8-12)17-9-15-11(10-24-20(15)25)7-16(17)14-3-1-2-4-19(14)23/h1-9H,10,23H2,(H,24,25). The highest BCUT2D eigenvalue weighted by molar-refractivity contribution is 6.02. The Balaban J connectivity index is 2.03. The minimum atomic E-state index is -0.686. The third kappa shape index (κ3) is 2.54. The van der Waals surface area contributed by atoms with Crippen molar-refractivity contribution < 1.29 is 13.6 Å². The van der Waals surface area contributed by atoms with E-state index in [1.807, 2.05) is 24.3 Å². The van der Waals surface area contributed by atoms with Gasteiger partial charge in [-0.1, -0.05) is 18.2 Å². The SMILES string of the molecule is Nc1ccccc1-c1cc2c(cc1-c1ccc(F)cc1F)C(=O)NC2. The predicted molar refractivity (Wildman–Crippen MR) is 92.8 cm³/mol. The first-order valence-corrected chi connectivity index (χ1v) is 7.80. The summed E-state index contributed by atoms with van der Waals surface area (Å²) in [5.41, 5.74) is 10.1. The lowest BCUT2D eigenvalue weighted by molar-refractivity contribution is 0.0966. The summed E-state index contributed by atoms with van der Waals surface area (Å²) in [6.45, 7) is 0.417. The number of hydrogen-bond donors (Lipinski definition) is 2. The number of para-hydroxylation sites is 1. The maximum absolute atomic E-state index is 14.4. The summed E-state index contributed by atoms with van der Waals surface area (Å²) in [5, 5.41) is 2.76. The predicted octanol–water partition coefficient (Wildman–Crippen LogP) is 4.12. The Morgan fingerprint density at radius 2 is 1.60 bits per heavy atom. The third-order valence-electron chi connectivity index (χ3n) is 4.40. The van der Waals surface area contributed by atoms with Gasteiger partial charge in [-0.05, 0) is 47.0 Å². The van der Waals surface area contributed by atoms with Crippen LogP contribution in [0.1, 0.15) is 15.9 Å². The van der Waals surface area contributed by atoms with Crippen molar-refractivity contribution in [2.24, 2.45) is 0 Å². The lowest BCUT2D eigenvalue weighted by Gasteiger charge is -2.15. The van der Waals surface area contributed by atoms with E-state index in [1.165, 1.54) is 12.1 Å². The lowest BCUT2D eigenvalue weighted by Crippen LogP contribution is -2.12. The molecule has 3 nitrogen and oxygen atoms in total. The van der Waals surface area contributed by atoms with Crippen LogP contribution < -0.4 is 11.1 Å². The Kier molecular flexibility index (Phi) is 3.50. The Morgan fingerprint density at radius 3 is 2.36 bits per heavy atom. The van der Waals surface area contributed by atoms with Crippen LogP contribution in [0, 0.1) is 11.6 Å². The van der Waals surface area contributed by atoms with Crippen LogP contribution in [0.15, 0.2) is 54.6 Å². The number of nitrogen functional groups attached to an aromatic ring is 1. The molecule has 0 saturated heterocycles. The average Bonchev–Trinajstić information content (AvgIpc) is 2.95. The maximum atomic E-state index is 14.4. The van der Waals surface area contributed by atoms with Crippen molar-refractivity contribution in [1.82, 2.24) is 5.32 Å². The number of anilines is 1. The van der Waals surface area contributed by atoms with Crippen molar-refractivity contribution in [3.63, 3.8) is 0 Å². The van der Waals surface area contributed by atoms with Crippen molar-refractivity contribution in [1.29, 1.82) is 0 Å². The Hall–Kier alpha value is -3.21. The number of carbonyl (C=O) groups excluding carboxylic acids is 1. The summed E-state index contributed by atoms with van der Waals surface area (Å²) in [6, 6.07) is 14.2. The second kappa shape index (κ2) is 5.70. The van der Waals surface area contributed by atoms with E-state index in [0.717, 1.165) is 17.2 Å². The van der Waals surface area contributed by atoms with Crippen LogP contribution in [0.2, 0.25) is 0 Å². The number of nitrogens with two attached hydrogens (primary N) is 1. The molecule has 3 aromatic carbocycles. The zero-order valence-electron chi connectivity index (χ0n) is 13.1. The second-order valence-corrected chi connectivity index (χ2v) is 5.95. The molecule has 0 radical (unpaired) electrons. The molecule has 3 aromatic rings. The number of benzene rings is 3. The molecule has 0 spiro atoms. The number of amides is 1. The molecule has 0 unspecified atom stereocenters. The van der Waals surface area contributed by atoms with Gasteiger partial charge < -0.3 is 11.1 Å². The molecule has 25 heavy (non-hydrogen) atoms. The van der Waals surface area contributed by atoms with Gasteiger partial charge in [-0.25, -0.2) is 8.78 Å². The molecule has 1 aliphatic heterocycles. The quantitative estimate of drug-likeness (QED) is 0.692. The number of hydrogen-bond acceptors (Lipinski definition) is 2. The fraction of sp³-hybridized carbons (Fsp3) is 0.0500. The molecule has 1 amide bonds. The number of nitrogens with one attached hydrogen (secondary N) is 1. The van der Waals surface area contributed by atoms with Crippen LogP contribution >= 0.6 is 0 Å². The molecule has 0 bridgehead atoms. The number of carbonyl (C=O) groups is 1. The summed E-state index contributed by atoms with van der Waals surface area (Å²) < 4.78 is 27.7. The van der Waals surface area contributed by atoms with Gasteiger partial charge in [0.15, 0.2) is 0 Å². The van der Waals surface area contributed by atoms with Crippen LogP contribution in [-0.4, -0.2) is 5.91 Å². The molecule has 0 saturated carbocycles. The minimum Gasteiger partial charge on any atom is -0.398 e. The van der Waals surface area contributed by atoms with E-state index in [2.05, 4.69) is 5.32 Å². The van der Waals surface area contributed by atoms with Crippen molar-refractivity contribution >= 4 is 11.6 Å². The minimum absolute atomic E-state index is 0.202. The van der Waals surface area contributed by atoms with E-state index >= 15 is 0 Å². The van der Waals surface area contributed by atoms with Crippen molar-refractivity contribution in [2.45, 2.75) is 6.54 Å². The summed E-state index contributed by atoms with van der Waals surface area (Å²) >= 11 is 0. The van der Waals surface area contributed by atoms with E-state index in [4.69, 9.17) is 5.73 Å². The van der Waals surface area contributed by atoms with Gasteiger partial charge in [0, 0.05) is 35.0 Å². The van der Waals surface area contributed by atoms with Gasteiger partial charge in [-0.3, -0.25) is 4.79 Å². The summed E-state index contributed by atoms with van der Waals surface area (Å²) in [6.07, 6.45) is 0. The summed E-state index contributed by atoms with van der Waals surface area (Å²) in [4.78, 5) is 12.0. The van der Waals surface area contributed by atoms with E-state index in [1.54, 1.807) is 12.1 Å². The Morgan fingerprint density at radius 1 is 0.840 bits per heavy atom. The van der Waals surface area contributed by atoms with Crippen molar-refractivity contribution in [3.8, 4) is 22.3 Å². The first-order valence-electron chi connectivity index (χ1n) is 7.80. The summed E-state index contributed by atoms with van der Waals surface area (Å²) in [7, 11) is 0. The van der Waals surface area contributed by atoms with E-state index in [-0.39, 0.29) is 11.5 Å². The monoisotopic (exact) mass is 336 g/mol. The van der Waals surface area contributed by atoms with Gasteiger partial charge in [0.2, 0.25) is 0 Å². The molecule has 1 heterocycles. The van der Waals surface area contributed by atoms with Crippen LogP contribution in [0.3, 0.4) is 0 Å². The normalized spacial score (nSPS) is 12.8. The molecule has 0 atom stereocenters. The largest absolute Gasteiger partial charge is 0.398 e. The highest BCUT2D eigenvalue weighted by atomic mass is 19.1. The fourth-order valence-corrected chi connectivity index (χ4v) is 3.17. The smallest absolute Gasteiger partial charge is 0.251 e. The molecule has 5 heteroatoms. The molecule has 3 N–H and O–H groups in total. The van der Waals surface area contributed by atoms with E-state index in [9.17, 15) is 13.6 Å². The molecular weight excluding hydrogens is 322 g/mol. The Labute approximate surface area is 143 Å². The van der Waals surface area contributed by atoms with Gasteiger partial charge in [0.25, 0.3) is 5.91 Å². The van der Waals surface area contributed by atoms with Gasteiger partial charge in [0.05, 0.1) is 0 Å². The third-order valence-corrected chi connectivity index (χ3v) is 4.40. The van der Waals surface area contributed by atoms with Crippen molar-refractivity contribution in [2.75, 3.05) is 5.73 Å². The molecule has 0 fully saturated rings. The van der Waals surface area contributed by atoms with Gasteiger partial charge >= 0.3 is 0 Å². The number of halogens is 2. The fourth-order valence-electron chi connectivity index (χ4n) is 3.17. The highest BCUT2D eigenvalue weighted by Gasteiger charge is 2.23. The topological polar surface area (TPSA) is 55.1 Å². The first kappa shape index (κ1) is 15.3. The molecule has 124 valence electrons. The van der Waals surface area contributed by atoms with Gasteiger partial charge in [0.1, 0.15) is 11.6 Å². The first-order chi connectivity index (χ1) is 12.0. The van der Waals surface area contributed by atoms with Crippen LogP contribution in [0.5, 0.6) is 0 Å². The zero-order chi connectivity index (χ0) is 17.6. The molecular formula is C20H14F2N2O. The average molecular weight is 336 g/mol.